The average molecular weight is 265 g/mol. The van der Waals surface area contributed by atoms with Crippen LogP contribution in [0.15, 0.2) is 18.3 Å². The zero-order chi connectivity index (χ0) is 14.1. The maximum Gasteiger partial charge on any atom is 0.252 e. The third kappa shape index (κ3) is 6.20. The van der Waals surface area contributed by atoms with E-state index in [-0.39, 0.29) is 12.0 Å². The fourth-order valence-electron chi connectivity index (χ4n) is 1.45. The molecule has 0 radical (unpaired) electrons. The summed E-state index contributed by atoms with van der Waals surface area (Å²) in [5.74, 6) is 0.670. The molecular weight excluding hydrogens is 242 g/mol. The number of anilines is 1. The number of rotatable bonds is 8. The number of hydrogen-bond donors (Lipinski definition) is 2. The molecule has 0 fully saturated rings. The van der Waals surface area contributed by atoms with Crippen LogP contribution in [0.5, 0.6) is 0 Å². The molecule has 0 atom stereocenters. The van der Waals surface area contributed by atoms with Crippen molar-refractivity contribution in [2.75, 3.05) is 25.0 Å². The lowest BCUT2D eigenvalue weighted by Gasteiger charge is -2.09. The number of nitrogens with zero attached hydrogens (tertiary/aromatic N) is 1. The van der Waals surface area contributed by atoms with Gasteiger partial charge in [-0.25, -0.2) is 4.98 Å². The Hall–Kier alpha value is -1.62. The van der Waals surface area contributed by atoms with Crippen molar-refractivity contribution in [2.45, 2.75) is 33.3 Å². The van der Waals surface area contributed by atoms with Gasteiger partial charge in [0.2, 0.25) is 0 Å². The second kappa shape index (κ2) is 8.48. The molecule has 5 nitrogen and oxygen atoms in total. The highest BCUT2D eigenvalue weighted by Crippen LogP contribution is 2.04. The molecule has 0 saturated heterocycles. The van der Waals surface area contributed by atoms with Gasteiger partial charge in [-0.15, -0.1) is 0 Å². The van der Waals surface area contributed by atoms with E-state index in [0.29, 0.717) is 18.7 Å². The maximum absolute atomic E-state index is 11.8. The number of amides is 1. The molecule has 0 aliphatic carbocycles. The Morgan fingerprint density at radius 2 is 2.16 bits per heavy atom. The average Bonchev–Trinajstić information content (AvgIpc) is 2.41. The minimum Gasteiger partial charge on any atom is -0.377 e. The normalized spacial score (nSPS) is 10.5. The van der Waals surface area contributed by atoms with Crippen molar-refractivity contribution in [2.24, 2.45) is 0 Å². The van der Waals surface area contributed by atoms with Gasteiger partial charge < -0.3 is 15.4 Å². The zero-order valence-corrected chi connectivity index (χ0v) is 11.9. The smallest absolute Gasteiger partial charge is 0.252 e. The van der Waals surface area contributed by atoms with Gasteiger partial charge in [-0.05, 0) is 32.4 Å². The molecule has 19 heavy (non-hydrogen) atoms. The van der Waals surface area contributed by atoms with Crippen LogP contribution in [0.25, 0.3) is 0 Å². The Labute approximate surface area is 114 Å². The maximum atomic E-state index is 11.8. The lowest BCUT2D eigenvalue weighted by Crippen LogP contribution is -2.28. The van der Waals surface area contributed by atoms with Crippen molar-refractivity contribution >= 4 is 11.7 Å². The predicted octanol–water partition coefficient (Wildman–Crippen LogP) is 2.06. The Kier molecular flexibility index (Phi) is 6.89. The summed E-state index contributed by atoms with van der Waals surface area (Å²) in [5.41, 5.74) is 0.562. The van der Waals surface area contributed by atoms with E-state index in [0.717, 1.165) is 18.8 Å². The standard InChI is InChI=1S/C14H23N3O2/c1-4-7-15-13-6-5-12(10-17-13)14(18)16-8-9-19-11(2)3/h5-6,10-11H,4,7-9H2,1-3H3,(H,15,17)(H,16,18). The first kappa shape index (κ1) is 15.4. The molecule has 5 heteroatoms. The predicted molar refractivity (Wildman–Crippen MR) is 76.4 cm³/mol. The molecule has 106 valence electrons. The molecule has 0 aliphatic heterocycles. The highest BCUT2D eigenvalue weighted by Gasteiger charge is 2.05. The van der Waals surface area contributed by atoms with Crippen LogP contribution < -0.4 is 10.6 Å². The molecule has 1 amide bonds. The first-order valence-electron chi connectivity index (χ1n) is 6.73. The summed E-state index contributed by atoms with van der Waals surface area (Å²) in [7, 11) is 0. The van der Waals surface area contributed by atoms with Gasteiger partial charge in [0.05, 0.1) is 18.3 Å². The van der Waals surface area contributed by atoms with Crippen molar-refractivity contribution in [3.05, 3.63) is 23.9 Å². The summed E-state index contributed by atoms with van der Waals surface area (Å²) in [6.45, 7) is 7.93. The van der Waals surface area contributed by atoms with Crippen molar-refractivity contribution in [1.29, 1.82) is 0 Å². The van der Waals surface area contributed by atoms with E-state index in [1.807, 2.05) is 19.9 Å². The second-order valence-corrected chi connectivity index (χ2v) is 4.53. The SMILES string of the molecule is CCCNc1ccc(C(=O)NCCOC(C)C)cn1. The number of carbonyl (C=O) groups excluding carboxylic acids is 1. The lowest BCUT2D eigenvalue weighted by molar-refractivity contribution is 0.0746. The number of hydrogen-bond acceptors (Lipinski definition) is 4. The largest absolute Gasteiger partial charge is 0.377 e. The van der Waals surface area contributed by atoms with Gasteiger partial charge >= 0.3 is 0 Å². The van der Waals surface area contributed by atoms with E-state index in [1.54, 1.807) is 12.3 Å². The monoisotopic (exact) mass is 265 g/mol. The first-order valence-corrected chi connectivity index (χ1v) is 6.73. The van der Waals surface area contributed by atoms with Crippen LogP contribution in [0, 0.1) is 0 Å². The fourth-order valence-corrected chi connectivity index (χ4v) is 1.45. The van der Waals surface area contributed by atoms with E-state index >= 15 is 0 Å². The Bertz CT molecular complexity index is 377. The Morgan fingerprint density at radius 1 is 1.37 bits per heavy atom. The second-order valence-electron chi connectivity index (χ2n) is 4.53. The third-order valence-electron chi connectivity index (χ3n) is 2.42. The summed E-state index contributed by atoms with van der Waals surface area (Å²) < 4.78 is 5.35. The number of aromatic nitrogens is 1. The minimum absolute atomic E-state index is 0.123. The van der Waals surface area contributed by atoms with Gasteiger partial charge in [0.15, 0.2) is 0 Å². The van der Waals surface area contributed by atoms with E-state index in [1.165, 1.54) is 0 Å². The van der Waals surface area contributed by atoms with Gasteiger partial charge in [-0.3, -0.25) is 4.79 Å². The van der Waals surface area contributed by atoms with Gasteiger partial charge in [0, 0.05) is 19.3 Å². The van der Waals surface area contributed by atoms with Crippen molar-refractivity contribution in [3.8, 4) is 0 Å². The van der Waals surface area contributed by atoms with Crippen LogP contribution >= 0.6 is 0 Å². The molecule has 0 spiro atoms. The summed E-state index contributed by atoms with van der Waals surface area (Å²) >= 11 is 0. The van der Waals surface area contributed by atoms with E-state index in [2.05, 4.69) is 22.5 Å². The minimum atomic E-state index is -0.123. The van der Waals surface area contributed by atoms with E-state index in [4.69, 9.17) is 4.74 Å². The molecule has 2 N–H and O–H groups in total. The van der Waals surface area contributed by atoms with Crippen LogP contribution in [0.4, 0.5) is 5.82 Å². The van der Waals surface area contributed by atoms with Crippen LogP contribution in [-0.2, 0) is 4.74 Å². The van der Waals surface area contributed by atoms with Crippen LogP contribution in [-0.4, -0.2) is 36.7 Å². The molecule has 1 aromatic rings. The van der Waals surface area contributed by atoms with Gasteiger partial charge in [0.1, 0.15) is 5.82 Å². The first-order chi connectivity index (χ1) is 9.13. The van der Waals surface area contributed by atoms with E-state index in [9.17, 15) is 4.79 Å². The molecule has 0 aliphatic rings. The molecule has 0 bridgehead atoms. The number of nitrogens with one attached hydrogen (secondary N) is 2. The summed E-state index contributed by atoms with van der Waals surface area (Å²) in [6, 6.07) is 3.58. The molecule has 0 saturated carbocycles. The van der Waals surface area contributed by atoms with Crippen LogP contribution in [0.3, 0.4) is 0 Å². The topological polar surface area (TPSA) is 63.2 Å². The number of carbonyl (C=O) groups is 1. The summed E-state index contributed by atoms with van der Waals surface area (Å²) in [4.78, 5) is 16.0. The van der Waals surface area contributed by atoms with Crippen molar-refractivity contribution < 1.29 is 9.53 Å². The molecular formula is C14H23N3O2. The molecule has 1 aromatic heterocycles. The molecule has 0 aromatic carbocycles. The summed E-state index contributed by atoms with van der Waals surface area (Å²) in [5, 5.41) is 5.95. The Balaban J connectivity index is 2.36. The van der Waals surface area contributed by atoms with Crippen molar-refractivity contribution in [3.63, 3.8) is 0 Å². The van der Waals surface area contributed by atoms with Gasteiger partial charge in [-0.1, -0.05) is 6.92 Å². The van der Waals surface area contributed by atoms with Crippen LogP contribution in [0.2, 0.25) is 0 Å². The highest BCUT2D eigenvalue weighted by atomic mass is 16.5. The molecule has 0 unspecified atom stereocenters. The zero-order valence-electron chi connectivity index (χ0n) is 11.9. The Morgan fingerprint density at radius 3 is 2.74 bits per heavy atom. The quantitative estimate of drug-likeness (QED) is 0.706. The lowest BCUT2D eigenvalue weighted by atomic mass is 10.2. The highest BCUT2D eigenvalue weighted by molar-refractivity contribution is 5.94. The van der Waals surface area contributed by atoms with Gasteiger partial charge in [-0.2, -0.15) is 0 Å². The van der Waals surface area contributed by atoms with Crippen LogP contribution in [0.1, 0.15) is 37.6 Å². The number of ether oxygens (including phenoxy) is 1. The number of pyridine rings is 1. The van der Waals surface area contributed by atoms with Gasteiger partial charge in [0.25, 0.3) is 5.91 Å². The summed E-state index contributed by atoms with van der Waals surface area (Å²) in [6.07, 6.45) is 2.80. The fraction of sp³-hybridized carbons (Fsp3) is 0.571. The van der Waals surface area contributed by atoms with E-state index < -0.39 is 0 Å². The molecule has 1 heterocycles. The third-order valence-corrected chi connectivity index (χ3v) is 2.42. The van der Waals surface area contributed by atoms with Crippen molar-refractivity contribution in [1.82, 2.24) is 10.3 Å². The molecule has 1 rings (SSSR count).